The predicted molar refractivity (Wildman–Crippen MR) is 87.4 cm³/mol. The van der Waals surface area contributed by atoms with Crippen molar-refractivity contribution in [3.8, 4) is 0 Å². The van der Waals surface area contributed by atoms with Crippen LogP contribution in [0.2, 0.25) is 0 Å². The van der Waals surface area contributed by atoms with Crippen LogP contribution in [0, 0.1) is 13.8 Å². The number of benzene rings is 1. The standard InChI is InChI=1S/C15H16N4O2S/c1-9-10(2)22-14(16-9)17-13(20)8-19-12-7-5-4-6-11(12)18(3)15(19)21/h4-7H,8H2,1-3H3,(H,16,17,20). The number of fused-ring (bicyclic) bond motifs is 1. The van der Waals surface area contributed by atoms with E-state index < -0.39 is 0 Å². The minimum atomic E-state index is -0.257. The van der Waals surface area contributed by atoms with Crippen molar-refractivity contribution < 1.29 is 4.79 Å². The van der Waals surface area contributed by atoms with Gasteiger partial charge in [0.15, 0.2) is 5.13 Å². The number of thiazole rings is 1. The summed E-state index contributed by atoms with van der Waals surface area (Å²) in [5, 5.41) is 3.32. The molecule has 2 aromatic heterocycles. The highest BCUT2D eigenvalue weighted by atomic mass is 32.1. The van der Waals surface area contributed by atoms with Crippen LogP contribution in [0.3, 0.4) is 0 Å². The second kappa shape index (κ2) is 5.42. The third-order valence-electron chi connectivity index (χ3n) is 3.63. The lowest BCUT2D eigenvalue weighted by Gasteiger charge is -2.03. The van der Waals surface area contributed by atoms with E-state index in [1.807, 2.05) is 38.1 Å². The molecule has 0 spiro atoms. The number of carbonyl (C=O) groups excluding carboxylic acids is 1. The van der Waals surface area contributed by atoms with Crippen LogP contribution in [-0.2, 0) is 18.4 Å². The third-order valence-corrected chi connectivity index (χ3v) is 4.62. The number of nitrogens with one attached hydrogen (secondary N) is 1. The van der Waals surface area contributed by atoms with Gasteiger partial charge in [-0.2, -0.15) is 0 Å². The molecule has 0 bridgehead atoms. The first kappa shape index (κ1) is 14.5. The molecule has 1 aromatic carbocycles. The Morgan fingerprint density at radius 1 is 1.27 bits per heavy atom. The summed E-state index contributed by atoms with van der Waals surface area (Å²) >= 11 is 1.43. The van der Waals surface area contributed by atoms with Crippen molar-refractivity contribution in [1.82, 2.24) is 14.1 Å². The van der Waals surface area contributed by atoms with Gasteiger partial charge in [0.2, 0.25) is 5.91 Å². The number of nitrogens with zero attached hydrogens (tertiary/aromatic N) is 3. The van der Waals surface area contributed by atoms with Gasteiger partial charge in [0.05, 0.1) is 16.7 Å². The molecule has 0 fully saturated rings. The Balaban J connectivity index is 1.88. The molecule has 0 saturated heterocycles. The van der Waals surface area contributed by atoms with Crippen molar-refractivity contribution in [1.29, 1.82) is 0 Å². The number of hydrogen-bond acceptors (Lipinski definition) is 4. The SMILES string of the molecule is Cc1nc(NC(=O)Cn2c(=O)n(C)c3ccccc32)sc1C. The molecule has 0 aliphatic rings. The Morgan fingerprint density at radius 3 is 2.59 bits per heavy atom. The Kier molecular flexibility index (Phi) is 3.58. The maximum absolute atomic E-state index is 12.3. The Morgan fingerprint density at radius 2 is 1.95 bits per heavy atom. The van der Waals surface area contributed by atoms with Crippen LogP contribution in [0.5, 0.6) is 0 Å². The number of para-hydroxylation sites is 2. The first-order valence-electron chi connectivity index (χ1n) is 6.85. The van der Waals surface area contributed by atoms with Gasteiger partial charge in [0, 0.05) is 11.9 Å². The fourth-order valence-electron chi connectivity index (χ4n) is 2.34. The zero-order valence-corrected chi connectivity index (χ0v) is 13.4. The summed E-state index contributed by atoms with van der Waals surface area (Å²) in [4.78, 5) is 29.8. The predicted octanol–water partition coefficient (Wildman–Crippen LogP) is 2.05. The van der Waals surface area contributed by atoms with E-state index in [0.717, 1.165) is 21.6 Å². The molecule has 0 unspecified atom stereocenters. The van der Waals surface area contributed by atoms with Gasteiger partial charge in [-0.1, -0.05) is 12.1 Å². The molecule has 7 heteroatoms. The molecule has 1 amide bonds. The van der Waals surface area contributed by atoms with E-state index in [0.29, 0.717) is 5.13 Å². The molecule has 0 aliphatic heterocycles. The Hall–Kier alpha value is -2.41. The molecular formula is C15H16N4O2S. The van der Waals surface area contributed by atoms with E-state index in [4.69, 9.17) is 0 Å². The highest BCUT2D eigenvalue weighted by Gasteiger charge is 2.14. The van der Waals surface area contributed by atoms with E-state index >= 15 is 0 Å². The van der Waals surface area contributed by atoms with Crippen molar-refractivity contribution in [3.63, 3.8) is 0 Å². The third kappa shape index (κ3) is 2.43. The normalized spacial score (nSPS) is 11.0. The topological polar surface area (TPSA) is 68.9 Å². The molecule has 0 atom stereocenters. The van der Waals surface area contributed by atoms with Crippen molar-refractivity contribution in [3.05, 3.63) is 45.3 Å². The molecule has 22 heavy (non-hydrogen) atoms. The van der Waals surface area contributed by atoms with Gasteiger partial charge in [-0.15, -0.1) is 11.3 Å². The number of amides is 1. The maximum Gasteiger partial charge on any atom is 0.329 e. The van der Waals surface area contributed by atoms with Crippen molar-refractivity contribution in [2.24, 2.45) is 7.05 Å². The van der Waals surface area contributed by atoms with E-state index in [1.54, 1.807) is 11.6 Å². The van der Waals surface area contributed by atoms with Crippen LogP contribution in [0.15, 0.2) is 29.1 Å². The second-order valence-electron chi connectivity index (χ2n) is 5.13. The van der Waals surface area contributed by atoms with Gasteiger partial charge in [-0.05, 0) is 26.0 Å². The number of aryl methyl sites for hydroxylation is 3. The quantitative estimate of drug-likeness (QED) is 0.804. The molecule has 2 heterocycles. The van der Waals surface area contributed by atoms with Crippen LogP contribution in [0.4, 0.5) is 5.13 Å². The van der Waals surface area contributed by atoms with Crippen LogP contribution < -0.4 is 11.0 Å². The first-order chi connectivity index (χ1) is 10.5. The van der Waals surface area contributed by atoms with Gasteiger partial charge in [-0.3, -0.25) is 13.9 Å². The second-order valence-corrected chi connectivity index (χ2v) is 6.33. The molecule has 0 saturated carbocycles. The van der Waals surface area contributed by atoms with Gasteiger partial charge in [0.1, 0.15) is 6.54 Å². The average Bonchev–Trinajstić information content (AvgIpc) is 2.92. The summed E-state index contributed by atoms with van der Waals surface area (Å²) in [5.41, 5.74) is 2.25. The fourth-order valence-corrected chi connectivity index (χ4v) is 3.18. The number of rotatable bonds is 3. The first-order valence-corrected chi connectivity index (χ1v) is 7.67. The van der Waals surface area contributed by atoms with Gasteiger partial charge >= 0.3 is 5.69 Å². The summed E-state index contributed by atoms with van der Waals surface area (Å²) in [5.74, 6) is -0.257. The maximum atomic E-state index is 12.3. The summed E-state index contributed by atoms with van der Waals surface area (Å²) in [6, 6.07) is 7.41. The Labute approximate surface area is 131 Å². The highest BCUT2D eigenvalue weighted by molar-refractivity contribution is 7.15. The molecule has 114 valence electrons. The lowest BCUT2D eigenvalue weighted by molar-refractivity contribution is -0.116. The molecule has 0 radical (unpaired) electrons. The summed E-state index contributed by atoms with van der Waals surface area (Å²) in [6.45, 7) is 3.83. The van der Waals surface area contributed by atoms with Gasteiger partial charge in [-0.25, -0.2) is 9.78 Å². The number of hydrogen-bond donors (Lipinski definition) is 1. The van der Waals surface area contributed by atoms with Crippen LogP contribution in [0.1, 0.15) is 10.6 Å². The molecule has 0 aliphatic carbocycles. The molecule has 6 nitrogen and oxygen atoms in total. The van der Waals surface area contributed by atoms with Crippen LogP contribution >= 0.6 is 11.3 Å². The minimum absolute atomic E-state index is 0.0299. The molecular weight excluding hydrogens is 300 g/mol. The average molecular weight is 316 g/mol. The number of aromatic nitrogens is 3. The van der Waals surface area contributed by atoms with E-state index in [9.17, 15) is 9.59 Å². The molecule has 3 aromatic rings. The highest BCUT2D eigenvalue weighted by Crippen LogP contribution is 2.21. The summed E-state index contributed by atoms with van der Waals surface area (Å²) in [6.07, 6.45) is 0. The minimum Gasteiger partial charge on any atom is -0.300 e. The van der Waals surface area contributed by atoms with Crippen molar-refractivity contribution in [2.75, 3.05) is 5.32 Å². The fraction of sp³-hybridized carbons (Fsp3) is 0.267. The van der Waals surface area contributed by atoms with E-state index in [2.05, 4.69) is 10.3 Å². The number of anilines is 1. The van der Waals surface area contributed by atoms with Gasteiger partial charge < -0.3 is 5.32 Å². The smallest absolute Gasteiger partial charge is 0.300 e. The summed E-state index contributed by atoms with van der Waals surface area (Å²) in [7, 11) is 1.70. The number of imidazole rings is 1. The number of carbonyl (C=O) groups is 1. The largest absolute Gasteiger partial charge is 0.329 e. The van der Waals surface area contributed by atoms with Crippen molar-refractivity contribution >= 4 is 33.4 Å². The van der Waals surface area contributed by atoms with E-state index in [-0.39, 0.29) is 18.1 Å². The zero-order chi connectivity index (χ0) is 15.9. The van der Waals surface area contributed by atoms with Crippen LogP contribution in [0.25, 0.3) is 11.0 Å². The lowest BCUT2D eigenvalue weighted by atomic mass is 10.3. The lowest BCUT2D eigenvalue weighted by Crippen LogP contribution is -2.28. The molecule has 3 rings (SSSR count). The van der Waals surface area contributed by atoms with Crippen LogP contribution in [-0.4, -0.2) is 20.0 Å². The monoisotopic (exact) mass is 316 g/mol. The van der Waals surface area contributed by atoms with Gasteiger partial charge in [0.25, 0.3) is 0 Å². The zero-order valence-electron chi connectivity index (χ0n) is 12.6. The van der Waals surface area contributed by atoms with E-state index in [1.165, 1.54) is 15.9 Å². The van der Waals surface area contributed by atoms with Crippen molar-refractivity contribution in [2.45, 2.75) is 20.4 Å². The Bertz CT molecular complexity index is 900. The molecule has 1 N–H and O–H groups in total. The summed E-state index contributed by atoms with van der Waals surface area (Å²) < 4.78 is 3.01.